The summed E-state index contributed by atoms with van der Waals surface area (Å²) < 4.78 is 7.18. The lowest BCUT2D eigenvalue weighted by molar-refractivity contribution is -0.0599. The summed E-state index contributed by atoms with van der Waals surface area (Å²) in [5, 5.41) is 0. The van der Waals surface area contributed by atoms with Crippen molar-refractivity contribution < 1.29 is 9.26 Å². The summed E-state index contributed by atoms with van der Waals surface area (Å²) in [5.41, 5.74) is 0. The Labute approximate surface area is 57.3 Å². The van der Waals surface area contributed by atoms with Crippen LogP contribution in [0.3, 0.4) is 0 Å². The maximum atomic E-state index is 5.22. The summed E-state index contributed by atoms with van der Waals surface area (Å²) in [7, 11) is 2.73. The third-order valence-corrected chi connectivity index (χ3v) is 3.70. The summed E-state index contributed by atoms with van der Waals surface area (Å²) in [5.74, 6) is 0. The Kier molecular flexibility index (Phi) is 2.65. The molecule has 1 aliphatic rings. The first-order chi connectivity index (χ1) is 4.38. The first-order valence-corrected chi connectivity index (χ1v) is 4.66. The molecule has 0 saturated carbocycles. The van der Waals surface area contributed by atoms with Crippen LogP contribution in [-0.4, -0.2) is 34.7 Å². The highest BCUT2D eigenvalue weighted by Gasteiger charge is 2.27. The average molecular weight is 146 g/mol. The van der Waals surface area contributed by atoms with E-state index in [4.69, 9.17) is 9.26 Å². The maximum Gasteiger partial charge on any atom is 0.330 e. The van der Waals surface area contributed by atoms with E-state index in [2.05, 4.69) is 0 Å². The Hall–Kier alpha value is 0.0969. The third kappa shape index (κ3) is 1.51. The lowest BCUT2D eigenvalue weighted by Crippen LogP contribution is -2.34. The van der Waals surface area contributed by atoms with Gasteiger partial charge in [0.15, 0.2) is 0 Å². The second-order valence-corrected chi connectivity index (χ2v) is 4.18. The Morgan fingerprint density at radius 3 is 2.67 bits per heavy atom. The maximum absolute atomic E-state index is 5.22. The second-order valence-electron chi connectivity index (χ2n) is 1.99. The fourth-order valence-electron chi connectivity index (χ4n) is 1.02. The van der Waals surface area contributed by atoms with Crippen LogP contribution in [0, 0.1) is 0 Å². The highest BCUT2D eigenvalue weighted by atomic mass is 28.3. The molecule has 3 nitrogen and oxygen atoms in total. The van der Waals surface area contributed by atoms with Crippen LogP contribution in [0.2, 0.25) is 6.04 Å². The molecular weight excluding hydrogens is 134 g/mol. The van der Waals surface area contributed by atoms with Crippen LogP contribution in [0.5, 0.6) is 0 Å². The molecule has 0 aromatic heterocycles. The van der Waals surface area contributed by atoms with E-state index in [0.717, 1.165) is 6.54 Å². The van der Waals surface area contributed by atoms with Crippen molar-refractivity contribution in [3.8, 4) is 0 Å². The Balaban J connectivity index is 2.32. The first kappa shape index (κ1) is 7.21. The van der Waals surface area contributed by atoms with E-state index in [1.54, 1.807) is 14.2 Å². The molecule has 1 radical (unpaired) electrons. The van der Waals surface area contributed by atoms with Crippen LogP contribution in [0.1, 0.15) is 6.42 Å². The van der Waals surface area contributed by atoms with E-state index >= 15 is 0 Å². The minimum Gasteiger partial charge on any atom is -0.405 e. The fraction of sp³-hybridized carbons (Fsp3) is 1.00. The van der Waals surface area contributed by atoms with Crippen molar-refractivity contribution in [2.24, 2.45) is 0 Å². The molecule has 53 valence electrons. The van der Waals surface area contributed by atoms with Crippen molar-refractivity contribution in [3.63, 3.8) is 0 Å². The third-order valence-electron chi connectivity index (χ3n) is 1.49. The standard InChI is InChI=1S/C5H12NO2Si/c1-7-6-4-3-5-9(6)8-2/h3-5H2,1-2H3. The molecule has 0 N–H and O–H groups in total. The van der Waals surface area contributed by atoms with Gasteiger partial charge >= 0.3 is 9.20 Å². The van der Waals surface area contributed by atoms with Gasteiger partial charge in [-0.1, -0.05) is 0 Å². The summed E-state index contributed by atoms with van der Waals surface area (Å²) >= 11 is 0. The van der Waals surface area contributed by atoms with Crippen LogP contribution < -0.4 is 0 Å². The van der Waals surface area contributed by atoms with Gasteiger partial charge in [-0.15, -0.1) is 0 Å². The fourth-order valence-corrected chi connectivity index (χ4v) is 2.75. The highest BCUT2D eigenvalue weighted by molar-refractivity contribution is 6.48. The smallest absolute Gasteiger partial charge is 0.330 e. The van der Waals surface area contributed by atoms with Gasteiger partial charge < -0.3 is 9.26 Å². The SMILES string of the molecule is CON1CCC[Si]1OC. The van der Waals surface area contributed by atoms with E-state index in [9.17, 15) is 0 Å². The zero-order valence-electron chi connectivity index (χ0n) is 5.89. The van der Waals surface area contributed by atoms with Crippen molar-refractivity contribution in [2.75, 3.05) is 20.8 Å². The molecule has 4 heteroatoms. The second kappa shape index (κ2) is 3.31. The highest BCUT2D eigenvalue weighted by Crippen LogP contribution is 2.13. The molecular formula is C5H12NO2Si. The summed E-state index contributed by atoms with van der Waals surface area (Å²) in [6.45, 7) is 1.04. The molecule has 0 atom stereocenters. The summed E-state index contributed by atoms with van der Waals surface area (Å²) in [4.78, 5) is 5.07. The molecule has 1 saturated heterocycles. The van der Waals surface area contributed by atoms with Crippen molar-refractivity contribution in [1.29, 1.82) is 0 Å². The molecule has 1 fully saturated rings. The topological polar surface area (TPSA) is 21.7 Å². The van der Waals surface area contributed by atoms with Crippen molar-refractivity contribution >= 4 is 9.20 Å². The lowest BCUT2D eigenvalue weighted by Gasteiger charge is -2.16. The molecule has 0 aliphatic carbocycles. The van der Waals surface area contributed by atoms with E-state index in [1.165, 1.54) is 12.5 Å². The van der Waals surface area contributed by atoms with Gasteiger partial charge in [0.25, 0.3) is 0 Å². The number of hydrogen-bond donors (Lipinski definition) is 0. The number of rotatable bonds is 2. The van der Waals surface area contributed by atoms with E-state index in [1.807, 2.05) is 4.73 Å². The van der Waals surface area contributed by atoms with Crippen LogP contribution >= 0.6 is 0 Å². The number of hydrogen-bond acceptors (Lipinski definition) is 3. The van der Waals surface area contributed by atoms with Gasteiger partial charge in [-0.05, 0) is 12.5 Å². The molecule has 1 rings (SSSR count). The van der Waals surface area contributed by atoms with Crippen LogP contribution in [0.25, 0.3) is 0 Å². The van der Waals surface area contributed by atoms with Crippen molar-refractivity contribution in [1.82, 2.24) is 4.73 Å². The minimum atomic E-state index is -0.730. The summed E-state index contributed by atoms with van der Waals surface area (Å²) in [6, 6.07) is 1.19. The monoisotopic (exact) mass is 146 g/mol. The molecule has 0 aromatic rings. The Morgan fingerprint density at radius 1 is 1.44 bits per heavy atom. The average Bonchev–Trinajstić information content (AvgIpc) is 2.33. The molecule has 0 bridgehead atoms. The molecule has 9 heavy (non-hydrogen) atoms. The van der Waals surface area contributed by atoms with Gasteiger partial charge in [0.1, 0.15) is 0 Å². The minimum absolute atomic E-state index is 0.730. The molecule has 1 heterocycles. The van der Waals surface area contributed by atoms with Gasteiger partial charge in [0.2, 0.25) is 0 Å². The molecule has 0 aromatic carbocycles. The number of hydroxylamine groups is 1. The van der Waals surface area contributed by atoms with E-state index < -0.39 is 9.20 Å². The zero-order valence-corrected chi connectivity index (χ0v) is 6.89. The Morgan fingerprint density at radius 2 is 2.22 bits per heavy atom. The molecule has 0 unspecified atom stereocenters. The summed E-state index contributed by atoms with van der Waals surface area (Å²) in [6.07, 6.45) is 1.22. The predicted molar refractivity (Wildman–Crippen MR) is 35.9 cm³/mol. The van der Waals surface area contributed by atoms with Gasteiger partial charge in [0, 0.05) is 13.7 Å². The van der Waals surface area contributed by atoms with Gasteiger partial charge in [-0.3, -0.25) is 0 Å². The van der Waals surface area contributed by atoms with Gasteiger partial charge in [-0.2, -0.15) is 4.73 Å². The van der Waals surface area contributed by atoms with Crippen molar-refractivity contribution in [3.05, 3.63) is 0 Å². The van der Waals surface area contributed by atoms with E-state index in [0.29, 0.717) is 0 Å². The molecule has 0 amide bonds. The Bertz CT molecular complexity index is 81.0. The van der Waals surface area contributed by atoms with Crippen LogP contribution in [0.15, 0.2) is 0 Å². The van der Waals surface area contributed by atoms with E-state index in [-0.39, 0.29) is 0 Å². The van der Waals surface area contributed by atoms with Crippen LogP contribution in [0.4, 0.5) is 0 Å². The zero-order chi connectivity index (χ0) is 6.69. The largest absolute Gasteiger partial charge is 0.405 e. The quantitative estimate of drug-likeness (QED) is 0.526. The normalized spacial score (nSPS) is 23.3. The lowest BCUT2D eigenvalue weighted by atomic mass is 10.5. The molecule has 0 spiro atoms. The van der Waals surface area contributed by atoms with Gasteiger partial charge in [0.05, 0.1) is 7.11 Å². The molecule has 1 aliphatic heterocycles. The van der Waals surface area contributed by atoms with Gasteiger partial charge in [-0.25, -0.2) is 0 Å². The predicted octanol–water partition coefficient (Wildman–Crippen LogP) is 0.388. The first-order valence-electron chi connectivity index (χ1n) is 3.10. The van der Waals surface area contributed by atoms with Crippen LogP contribution in [-0.2, 0) is 9.26 Å². The van der Waals surface area contributed by atoms with Crippen molar-refractivity contribution in [2.45, 2.75) is 12.5 Å². The number of nitrogens with zero attached hydrogens (tertiary/aromatic N) is 1.